The Kier molecular flexibility index (Phi) is 4.16. The number of nitrogens with one attached hydrogen (secondary N) is 1. The van der Waals surface area contributed by atoms with Gasteiger partial charge >= 0.3 is 0 Å². The molecule has 0 unspecified atom stereocenters. The summed E-state index contributed by atoms with van der Waals surface area (Å²) in [5.74, 6) is 4.06. The summed E-state index contributed by atoms with van der Waals surface area (Å²) in [6, 6.07) is 0. The van der Waals surface area contributed by atoms with Gasteiger partial charge in [0.05, 0.1) is 0 Å². The molecule has 1 aliphatic heterocycles. The zero-order valence-corrected chi connectivity index (χ0v) is 12.1. The van der Waals surface area contributed by atoms with Gasteiger partial charge < -0.3 is 9.88 Å². The van der Waals surface area contributed by atoms with Crippen LogP contribution in [0.25, 0.3) is 0 Å². The molecule has 1 aromatic rings. The fourth-order valence-corrected chi connectivity index (χ4v) is 3.59. The Morgan fingerprint density at radius 1 is 1.11 bits per heavy atom. The van der Waals surface area contributed by atoms with Crippen LogP contribution in [0, 0.1) is 11.8 Å². The molecule has 0 radical (unpaired) electrons. The molecule has 1 aromatic heterocycles. The Labute approximate surface area is 116 Å². The summed E-state index contributed by atoms with van der Waals surface area (Å²) in [6.45, 7) is 5.67. The highest BCUT2D eigenvalue weighted by atomic mass is 15.3. The van der Waals surface area contributed by atoms with Gasteiger partial charge in [-0.25, -0.2) is 0 Å². The van der Waals surface area contributed by atoms with Gasteiger partial charge in [0.2, 0.25) is 0 Å². The molecule has 4 nitrogen and oxygen atoms in total. The van der Waals surface area contributed by atoms with Gasteiger partial charge in [0.25, 0.3) is 0 Å². The van der Waals surface area contributed by atoms with Gasteiger partial charge in [-0.05, 0) is 44.2 Å². The molecular formula is C15H26N4. The molecule has 19 heavy (non-hydrogen) atoms. The van der Waals surface area contributed by atoms with E-state index in [1.807, 2.05) is 0 Å². The lowest BCUT2D eigenvalue weighted by atomic mass is 9.98. The summed E-state index contributed by atoms with van der Waals surface area (Å²) in [4.78, 5) is 0. The maximum Gasteiger partial charge on any atom is 0.133 e. The van der Waals surface area contributed by atoms with Crippen LogP contribution in [-0.4, -0.2) is 27.9 Å². The molecule has 0 bridgehead atoms. The predicted molar refractivity (Wildman–Crippen MR) is 76.0 cm³/mol. The monoisotopic (exact) mass is 262 g/mol. The van der Waals surface area contributed by atoms with Crippen molar-refractivity contribution in [3.05, 3.63) is 11.6 Å². The van der Waals surface area contributed by atoms with Crippen LogP contribution in [0.15, 0.2) is 0 Å². The van der Waals surface area contributed by atoms with Gasteiger partial charge in [0.15, 0.2) is 0 Å². The molecule has 2 heterocycles. The van der Waals surface area contributed by atoms with Crippen molar-refractivity contribution in [2.45, 2.75) is 58.4 Å². The first kappa shape index (κ1) is 13.1. The quantitative estimate of drug-likeness (QED) is 0.884. The third-order valence-electron chi connectivity index (χ3n) is 4.78. The first-order chi connectivity index (χ1) is 9.36. The highest BCUT2D eigenvalue weighted by Crippen LogP contribution is 2.24. The van der Waals surface area contributed by atoms with Crippen molar-refractivity contribution in [3.63, 3.8) is 0 Å². The van der Waals surface area contributed by atoms with Gasteiger partial charge in [-0.2, -0.15) is 0 Å². The third-order valence-corrected chi connectivity index (χ3v) is 4.78. The third kappa shape index (κ3) is 2.99. The molecule has 1 N–H and O–H groups in total. The van der Waals surface area contributed by atoms with Crippen molar-refractivity contribution in [2.75, 3.05) is 13.1 Å². The molecule has 0 spiro atoms. The molecule has 0 saturated heterocycles. The lowest BCUT2D eigenvalue weighted by molar-refractivity contribution is 0.333. The zero-order chi connectivity index (χ0) is 13.1. The number of hydrogen-bond donors (Lipinski definition) is 1. The van der Waals surface area contributed by atoms with E-state index in [2.05, 4.69) is 27.0 Å². The second kappa shape index (κ2) is 6.04. The van der Waals surface area contributed by atoms with Crippen LogP contribution in [0.5, 0.6) is 0 Å². The van der Waals surface area contributed by atoms with Crippen LogP contribution >= 0.6 is 0 Å². The topological polar surface area (TPSA) is 42.7 Å². The maximum absolute atomic E-state index is 4.30. The summed E-state index contributed by atoms with van der Waals surface area (Å²) in [7, 11) is 0. The summed E-state index contributed by atoms with van der Waals surface area (Å²) in [5.41, 5.74) is 0. The predicted octanol–water partition coefficient (Wildman–Crippen LogP) is 2.18. The van der Waals surface area contributed by atoms with Crippen molar-refractivity contribution in [1.29, 1.82) is 0 Å². The van der Waals surface area contributed by atoms with Crippen molar-refractivity contribution < 1.29 is 0 Å². The minimum absolute atomic E-state index is 0.759. The first-order valence-electron chi connectivity index (χ1n) is 7.98. The summed E-state index contributed by atoms with van der Waals surface area (Å²) in [5, 5.41) is 12.3. The Balaban J connectivity index is 1.48. The summed E-state index contributed by atoms with van der Waals surface area (Å²) >= 11 is 0. The van der Waals surface area contributed by atoms with Crippen LogP contribution in [0.1, 0.15) is 50.7 Å². The van der Waals surface area contributed by atoms with E-state index in [9.17, 15) is 0 Å². The lowest BCUT2D eigenvalue weighted by Gasteiger charge is -2.25. The number of aromatic nitrogens is 3. The minimum atomic E-state index is 0.759. The highest BCUT2D eigenvalue weighted by Gasteiger charge is 2.22. The molecule has 2 aliphatic rings. The van der Waals surface area contributed by atoms with Gasteiger partial charge in [0.1, 0.15) is 11.6 Å². The fourth-order valence-electron chi connectivity index (χ4n) is 3.59. The normalized spacial score (nSPS) is 23.7. The molecule has 1 fully saturated rings. The van der Waals surface area contributed by atoms with E-state index in [-0.39, 0.29) is 0 Å². The van der Waals surface area contributed by atoms with E-state index in [1.165, 1.54) is 44.5 Å². The van der Waals surface area contributed by atoms with Gasteiger partial charge in [0, 0.05) is 19.4 Å². The van der Waals surface area contributed by atoms with Crippen LogP contribution in [-0.2, 0) is 19.4 Å². The Bertz CT molecular complexity index is 393. The number of nitrogens with zero attached hydrogens (tertiary/aromatic N) is 3. The molecule has 0 amide bonds. The highest BCUT2D eigenvalue weighted by molar-refractivity contribution is 5.00. The van der Waals surface area contributed by atoms with Gasteiger partial charge in [-0.1, -0.05) is 19.8 Å². The standard InChI is InChI=1S/C15H26N4/c1-2-14-17-18-15-8-7-13(11-19(14)15)10-16-9-12-5-3-4-6-12/h12-13,16H,2-11H2,1H3/t13-/m1/s1. The Hall–Kier alpha value is -0.900. The van der Waals surface area contributed by atoms with E-state index >= 15 is 0 Å². The van der Waals surface area contributed by atoms with E-state index in [1.54, 1.807) is 0 Å². The number of aryl methyl sites for hydroxylation is 2. The SMILES string of the molecule is CCc1nnc2n1C[C@@H](CNCC1CCCC1)CC2. The smallest absolute Gasteiger partial charge is 0.133 e. The number of rotatable bonds is 5. The second-order valence-electron chi connectivity index (χ2n) is 6.21. The molecule has 3 rings (SSSR count). The molecular weight excluding hydrogens is 236 g/mol. The Morgan fingerprint density at radius 3 is 2.68 bits per heavy atom. The van der Waals surface area contributed by atoms with Crippen LogP contribution in [0.2, 0.25) is 0 Å². The molecule has 4 heteroatoms. The molecule has 1 aliphatic carbocycles. The molecule has 0 aromatic carbocycles. The van der Waals surface area contributed by atoms with Crippen molar-refractivity contribution in [3.8, 4) is 0 Å². The summed E-state index contributed by atoms with van der Waals surface area (Å²) < 4.78 is 2.35. The average Bonchev–Trinajstić information content (AvgIpc) is 3.07. The van der Waals surface area contributed by atoms with Crippen molar-refractivity contribution in [2.24, 2.45) is 11.8 Å². The zero-order valence-electron chi connectivity index (χ0n) is 12.1. The van der Waals surface area contributed by atoms with Crippen molar-refractivity contribution in [1.82, 2.24) is 20.1 Å². The molecule has 106 valence electrons. The van der Waals surface area contributed by atoms with Gasteiger partial charge in [-0.15, -0.1) is 10.2 Å². The maximum atomic E-state index is 4.30. The minimum Gasteiger partial charge on any atom is -0.316 e. The largest absolute Gasteiger partial charge is 0.316 e. The second-order valence-corrected chi connectivity index (χ2v) is 6.21. The van der Waals surface area contributed by atoms with E-state index in [0.29, 0.717) is 0 Å². The van der Waals surface area contributed by atoms with Crippen LogP contribution in [0.3, 0.4) is 0 Å². The Morgan fingerprint density at radius 2 is 1.89 bits per heavy atom. The van der Waals surface area contributed by atoms with E-state index in [0.717, 1.165) is 43.6 Å². The van der Waals surface area contributed by atoms with Gasteiger partial charge in [-0.3, -0.25) is 0 Å². The average molecular weight is 262 g/mol. The molecule has 1 atom stereocenters. The molecule has 1 saturated carbocycles. The van der Waals surface area contributed by atoms with Crippen LogP contribution < -0.4 is 5.32 Å². The number of fused-ring (bicyclic) bond motifs is 1. The first-order valence-corrected chi connectivity index (χ1v) is 7.98. The van der Waals surface area contributed by atoms with Crippen molar-refractivity contribution >= 4 is 0 Å². The van der Waals surface area contributed by atoms with Crippen LogP contribution in [0.4, 0.5) is 0 Å². The van der Waals surface area contributed by atoms with E-state index < -0.39 is 0 Å². The lowest BCUT2D eigenvalue weighted by Crippen LogP contribution is -2.32. The number of hydrogen-bond acceptors (Lipinski definition) is 3. The fraction of sp³-hybridized carbons (Fsp3) is 0.867. The summed E-state index contributed by atoms with van der Waals surface area (Å²) in [6.07, 6.45) is 9.12. The van der Waals surface area contributed by atoms with E-state index in [4.69, 9.17) is 0 Å².